The number of aryl methyl sites for hydroxylation is 3. The summed E-state index contributed by atoms with van der Waals surface area (Å²) in [5.74, 6) is 1.71. The molecule has 27 heavy (non-hydrogen) atoms. The van der Waals surface area contributed by atoms with Gasteiger partial charge in [0.1, 0.15) is 12.4 Å². The van der Waals surface area contributed by atoms with Gasteiger partial charge in [0.25, 0.3) is 0 Å². The van der Waals surface area contributed by atoms with Crippen molar-refractivity contribution in [2.75, 3.05) is 44.2 Å². The topological polar surface area (TPSA) is 71.7 Å². The van der Waals surface area contributed by atoms with Crippen molar-refractivity contribution in [2.24, 2.45) is 0 Å². The summed E-state index contributed by atoms with van der Waals surface area (Å²) >= 11 is 0. The van der Waals surface area contributed by atoms with Crippen LogP contribution in [0.5, 0.6) is 5.88 Å². The molecule has 3 aromatic heterocycles. The minimum Gasteiger partial charge on any atom is -0.475 e. The van der Waals surface area contributed by atoms with Crippen LogP contribution in [-0.2, 0) is 0 Å². The average Bonchev–Trinajstić information content (AvgIpc) is 3.03. The average molecular weight is 367 g/mol. The van der Waals surface area contributed by atoms with E-state index < -0.39 is 0 Å². The highest BCUT2D eigenvalue weighted by Crippen LogP contribution is 2.19. The Balaban J connectivity index is 1.33. The van der Waals surface area contributed by atoms with Crippen LogP contribution in [-0.4, -0.2) is 69.0 Å². The Morgan fingerprint density at radius 1 is 0.926 bits per heavy atom. The third-order valence-corrected chi connectivity index (χ3v) is 4.79. The van der Waals surface area contributed by atoms with Gasteiger partial charge in [0.05, 0.1) is 11.4 Å². The summed E-state index contributed by atoms with van der Waals surface area (Å²) in [5, 5.41) is 12.7. The van der Waals surface area contributed by atoms with Crippen molar-refractivity contribution >= 4 is 11.5 Å². The fraction of sp³-hybridized carbons (Fsp3) is 0.474. The van der Waals surface area contributed by atoms with Crippen molar-refractivity contribution in [1.82, 2.24) is 29.7 Å². The first kappa shape index (κ1) is 17.7. The maximum absolute atomic E-state index is 5.70. The van der Waals surface area contributed by atoms with Crippen molar-refractivity contribution in [2.45, 2.75) is 20.8 Å². The van der Waals surface area contributed by atoms with Gasteiger partial charge >= 0.3 is 0 Å². The second-order valence-electron chi connectivity index (χ2n) is 7.00. The Hall–Kier alpha value is -2.74. The SMILES string of the molecule is Cc1ccc(OCCN2CCN(c3cc(C)nc4cc(C)nn34)CC2)nn1. The van der Waals surface area contributed by atoms with Crippen LogP contribution >= 0.6 is 0 Å². The van der Waals surface area contributed by atoms with Gasteiger partial charge in [-0.25, -0.2) is 4.98 Å². The number of aromatic nitrogens is 5. The number of hydrogen-bond donors (Lipinski definition) is 0. The molecule has 8 nitrogen and oxygen atoms in total. The third kappa shape index (κ3) is 4.00. The molecule has 142 valence electrons. The number of piperazine rings is 1. The van der Waals surface area contributed by atoms with Gasteiger partial charge in [-0.1, -0.05) is 0 Å². The molecular formula is C19H25N7O. The zero-order valence-corrected chi connectivity index (χ0v) is 16.1. The molecule has 0 aliphatic carbocycles. The molecule has 1 aliphatic rings. The summed E-state index contributed by atoms with van der Waals surface area (Å²) in [7, 11) is 0. The van der Waals surface area contributed by atoms with Crippen molar-refractivity contribution in [3.63, 3.8) is 0 Å². The van der Waals surface area contributed by atoms with Crippen LogP contribution in [0.25, 0.3) is 5.65 Å². The van der Waals surface area contributed by atoms with Crippen LogP contribution < -0.4 is 9.64 Å². The van der Waals surface area contributed by atoms with Crippen molar-refractivity contribution < 1.29 is 4.74 Å². The molecule has 0 amide bonds. The molecule has 0 N–H and O–H groups in total. The normalized spacial score (nSPS) is 15.4. The molecule has 0 aromatic carbocycles. The number of ether oxygens (including phenoxy) is 1. The van der Waals surface area contributed by atoms with E-state index in [1.807, 2.05) is 43.5 Å². The van der Waals surface area contributed by atoms with E-state index in [-0.39, 0.29) is 0 Å². The first-order valence-corrected chi connectivity index (χ1v) is 9.33. The highest BCUT2D eigenvalue weighted by molar-refractivity contribution is 5.52. The minimum atomic E-state index is 0.586. The van der Waals surface area contributed by atoms with E-state index >= 15 is 0 Å². The monoisotopic (exact) mass is 367 g/mol. The molecule has 4 rings (SSSR count). The zero-order chi connectivity index (χ0) is 18.8. The number of hydrogen-bond acceptors (Lipinski definition) is 7. The molecule has 0 unspecified atom stereocenters. The molecule has 1 aliphatic heterocycles. The summed E-state index contributed by atoms with van der Waals surface area (Å²) in [5.41, 5.74) is 3.82. The zero-order valence-electron chi connectivity index (χ0n) is 16.1. The third-order valence-electron chi connectivity index (χ3n) is 4.79. The molecule has 0 saturated carbocycles. The molecule has 4 heterocycles. The first-order chi connectivity index (χ1) is 13.1. The van der Waals surface area contributed by atoms with E-state index in [1.54, 1.807) is 0 Å². The van der Waals surface area contributed by atoms with Crippen LogP contribution in [0.4, 0.5) is 5.82 Å². The highest BCUT2D eigenvalue weighted by Gasteiger charge is 2.20. The lowest BCUT2D eigenvalue weighted by Gasteiger charge is -2.35. The number of fused-ring (bicyclic) bond motifs is 1. The summed E-state index contributed by atoms with van der Waals surface area (Å²) in [6.07, 6.45) is 0. The number of nitrogens with zero attached hydrogens (tertiary/aromatic N) is 7. The van der Waals surface area contributed by atoms with E-state index in [4.69, 9.17) is 4.74 Å². The predicted molar refractivity (Wildman–Crippen MR) is 103 cm³/mol. The fourth-order valence-electron chi connectivity index (χ4n) is 3.36. The quantitative estimate of drug-likeness (QED) is 0.679. The maximum atomic E-state index is 5.70. The van der Waals surface area contributed by atoms with Crippen LogP contribution in [0.3, 0.4) is 0 Å². The summed E-state index contributed by atoms with van der Waals surface area (Å²) < 4.78 is 7.66. The molecule has 0 spiro atoms. The molecule has 0 radical (unpaired) electrons. The van der Waals surface area contributed by atoms with Gasteiger partial charge in [-0.05, 0) is 26.8 Å². The van der Waals surface area contributed by atoms with Crippen molar-refractivity contribution in [1.29, 1.82) is 0 Å². The number of rotatable bonds is 5. The Kier molecular flexibility index (Phi) is 4.89. The van der Waals surface area contributed by atoms with Crippen LogP contribution in [0.15, 0.2) is 24.3 Å². The van der Waals surface area contributed by atoms with Gasteiger partial charge in [0.2, 0.25) is 5.88 Å². The Labute approximate surface area is 158 Å². The van der Waals surface area contributed by atoms with E-state index in [9.17, 15) is 0 Å². The molecule has 1 saturated heterocycles. The molecule has 0 atom stereocenters. The van der Waals surface area contributed by atoms with Crippen molar-refractivity contribution in [3.8, 4) is 5.88 Å². The Bertz CT molecular complexity index is 914. The first-order valence-electron chi connectivity index (χ1n) is 9.33. The van der Waals surface area contributed by atoms with E-state index in [0.717, 1.165) is 61.3 Å². The largest absolute Gasteiger partial charge is 0.475 e. The molecular weight excluding hydrogens is 342 g/mol. The predicted octanol–water partition coefficient (Wildman–Crippen LogP) is 1.65. The van der Waals surface area contributed by atoms with E-state index in [0.29, 0.717) is 12.5 Å². The maximum Gasteiger partial charge on any atom is 0.233 e. The van der Waals surface area contributed by atoms with E-state index in [2.05, 4.69) is 36.1 Å². The van der Waals surface area contributed by atoms with Gasteiger partial charge in [-0.15, -0.1) is 5.10 Å². The van der Waals surface area contributed by atoms with Crippen LogP contribution in [0.2, 0.25) is 0 Å². The summed E-state index contributed by atoms with van der Waals surface area (Å²) in [4.78, 5) is 9.38. The molecule has 3 aromatic rings. The lowest BCUT2D eigenvalue weighted by Crippen LogP contribution is -2.48. The lowest BCUT2D eigenvalue weighted by molar-refractivity contribution is 0.195. The minimum absolute atomic E-state index is 0.586. The van der Waals surface area contributed by atoms with Gasteiger partial charge in [0.15, 0.2) is 5.65 Å². The Morgan fingerprint density at radius 3 is 2.48 bits per heavy atom. The van der Waals surface area contributed by atoms with Gasteiger partial charge in [-0.2, -0.15) is 14.7 Å². The smallest absolute Gasteiger partial charge is 0.233 e. The van der Waals surface area contributed by atoms with Gasteiger partial charge < -0.3 is 9.64 Å². The van der Waals surface area contributed by atoms with Gasteiger partial charge in [-0.3, -0.25) is 4.90 Å². The van der Waals surface area contributed by atoms with E-state index in [1.165, 1.54) is 0 Å². The molecule has 1 fully saturated rings. The lowest BCUT2D eigenvalue weighted by atomic mass is 10.3. The van der Waals surface area contributed by atoms with Crippen molar-refractivity contribution in [3.05, 3.63) is 41.3 Å². The highest BCUT2D eigenvalue weighted by atomic mass is 16.5. The standard InChI is InChI=1S/C19H25N7O/c1-14-4-5-18(22-21-14)27-11-10-24-6-8-25(9-7-24)19-13-15(2)20-17-12-16(3)23-26(17)19/h4-5,12-13H,6-11H2,1-3H3. The van der Waals surface area contributed by atoms with Gasteiger partial charge in [0, 0.05) is 56.6 Å². The van der Waals surface area contributed by atoms with Crippen LogP contribution in [0, 0.1) is 20.8 Å². The number of anilines is 1. The molecule has 8 heteroatoms. The second-order valence-corrected chi connectivity index (χ2v) is 7.00. The summed E-state index contributed by atoms with van der Waals surface area (Å²) in [6, 6.07) is 7.92. The summed E-state index contributed by atoms with van der Waals surface area (Å²) in [6.45, 7) is 11.4. The second kappa shape index (κ2) is 7.48. The Morgan fingerprint density at radius 2 is 1.74 bits per heavy atom. The molecule has 0 bridgehead atoms. The fourth-order valence-corrected chi connectivity index (χ4v) is 3.36. The van der Waals surface area contributed by atoms with Crippen LogP contribution in [0.1, 0.15) is 17.1 Å².